The Hall–Kier alpha value is -1.85. The molecule has 1 N–H and O–H groups in total. The molecule has 16 heavy (non-hydrogen) atoms. The summed E-state index contributed by atoms with van der Waals surface area (Å²) in [6, 6.07) is 4.24. The van der Waals surface area contributed by atoms with Crippen molar-refractivity contribution in [2.75, 3.05) is 6.79 Å². The van der Waals surface area contributed by atoms with Crippen LogP contribution in [-0.4, -0.2) is 23.8 Å². The molecular formula is C10H8F2O4. The van der Waals surface area contributed by atoms with Crippen LogP contribution in [0.1, 0.15) is 5.56 Å². The molecule has 0 saturated heterocycles. The zero-order valence-electron chi connectivity index (χ0n) is 8.07. The van der Waals surface area contributed by atoms with Crippen molar-refractivity contribution in [3.8, 4) is 11.5 Å². The number of carbonyl (C=O) groups is 1. The first-order valence-electron chi connectivity index (χ1n) is 4.49. The van der Waals surface area contributed by atoms with Crippen molar-refractivity contribution in [1.29, 1.82) is 0 Å². The lowest BCUT2D eigenvalue weighted by Gasteiger charge is -2.11. The zero-order chi connectivity index (χ0) is 11.8. The van der Waals surface area contributed by atoms with Crippen LogP contribution < -0.4 is 9.47 Å². The van der Waals surface area contributed by atoms with Crippen molar-refractivity contribution in [2.24, 2.45) is 0 Å². The summed E-state index contributed by atoms with van der Waals surface area (Å²) in [6.07, 6.45) is -0.862. The fraction of sp³-hybridized carbons (Fsp3) is 0.300. The molecule has 6 heteroatoms. The van der Waals surface area contributed by atoms with Gasteiger partial charge in [0.1, 0.15) is 0 Å². The average molecular weight is 230 g/mol. The average Bonchev–Trinajstić information content (AvgIpc) is 2.63. The zero-order valence-corrected chi connectivity index (χ0v) is 8.07. The van der Waals surface area contributed by atoms with E-state index in [9.17, 15) is 13.6 Å². The molecule has 0 unspecified atom stereocenters. The Morgan fingerprint density at radius 3 is 2.75 bits per heavy atom. The van der Waals surface area contributed by atoms with E-state index in [1.807, 2.05) is 0 Å². The summed E-state index contributed by atoms with van der Waals surface area (Å²) < 4.78 is 35.8. The smallest absolute Gasteiger partial charge is 0.374 e. The van der Waals surface area contributed by atoms with Gasteiger partial charge in [-0.25, -0.2) is 4.79 Å². The molecule has 0 radical (unpaired) electrons. The van der Waals surface area contributed by atoms with Gasteiger partial charge in [-0.1, -0.05) is 6.07 Å². The normalized spacial score (nSPS) is 13.9. The van der Waals surface area contributed by atoms with E-state index in [0.717, 1.165) is 0 Å². The highest BCUT2D eigenvalue weighted by atomic mass is 19.3. The van der Waals surface area contributed by atoms with Gasteiger partial charge in [-0.3, -0.25) is 0 Å². The first-order chi connectivity index (χ1) is 7.49. The lowest BCUT2D eigenvalue weighted by Crippen LogP contribution is -2.30. The molecule has 0 saturated carbocycles. The first kappa shape index (κ1) is 10.7. The molecule has 1 aromatic rings. The van der Waals surface area contributed by atoms with Gasteiger partial charge < -0.3 is 14.6 Å². The van der Waals surface area contributed by atoms with Crippen LogP contribution >= 0.6 is 0 Å². The Morgan fingerprint density at radius 2 is 2.06 bits per heavy atom. The number of rotatable bonds is 3. The molecule has 0 atom stereocenters. The van der Waals surface area contributed by atoms with Crippen LogP contribution in [-0.2, 0) is 11.2 Å². The number of alkyl halides is 2. The van der Waals surface area contributed by atoms with Crippen LogP contribution in [0.2, 0.25) is 0 Å². The predicted molar refractivity (Wildman–Crippen MR) is 48.9 cm³/mol. The van der Waals surface area contributed by atoms with E-state index >= 15 is 0 Å². The van der Waals surface area contributed by atoms with Crippen molar-refractivity contribution >= 4 is 5.97 Å². The second-order valence-electron chi connectivity index (χ2n) is 3.37. The van der Waals surface area contributed by atoms with E-state index in [1.54, 1.807) is 0 Å². The topological polar surface area (TPSA) is 55.8 Å². The Kier molecular flexibility index (Phi) is 2.41. The highest BCUT2D eigenvalue weighted by Crippen LogP contribution is 2.34. The Bertz CT molecular complexity index is 431. The highest BCUT2D eigenvalue weighted by molar-refractivity contribution is 5.75. The number of ether oxygens (including phenoxy) is 2. The van der Waals surface area contributed by atoms with Gasteiger partial charge in [-0.2, -0.15) is 8.78 Å². The van der Waals surface area contributed by atoms with Gasteiger partial charge in [0.2, 0.25) is 6.79 Å². The molecule has 4 nitrogen and oxygen atoms in total. The van der Waals surface area contributed by atoms with Crippen LogP contribution in [0.15, 0.2) is 18.2 Å². The van der Waals surface area contributed by atoms with Gasteiger partial charge in [0.15, 0.2) is 11.5 Å². The second-order valence-corrected chi connectivity index (χ2v) is 3.37. The van der Waals surface area contributed by atoms with Gasteiger partial charge in [0.05, 0.1) is 0 Å². The van der Waals surface area contributed by atoms with Gasteiger partial charge in [0, 0.05) is 6.42 Å². The van der Waals surface area contributed by atoms with E-state index in [-0.39, 0.29) is 12.4 Å². The molecule has 0 amide bonds. The van der Waals surface area contributed by atoms with Crippen molar-refractivity contribution in [1.82, 2.24) is 0 Å². The minimum absolute atomic E-state index is 0.0497. The summed E-state index contributed by atoms with van der Waals surface area (Å²) in [5.74, 6) is -5.07. The van der Waals surface area contributed by atoms with Crippen molar-refractivity contribution in [3.63, 3.8) is 0 Å². The molecule has 86 valence electrons. The molecule has 0 aliphatic carbocycles. The third-order valence-corrected chi connectivity index (χ3v) is 2.18. The van der Waals surface area contributed by atoms with Gasteiger partial charge in [-0.05, 0) is 17.7 Å². The maximum Gasteiger partial charge on any atom is 0.374 e. The number of aliphatic carboxylic acids is 1. The third kappa shape index (κ3) is 1.91. The fourth-order valence-corrected chi connectivity index (χ4v) is 1.38. The number of carboxylic acids is 1. The quantitative estimate of drug-likeness (QED) is 0.858. The monoisotopic (exact) mass is 230 g/mol. The molecule has 0 aromatic heterocycles. The van der Waals surface area contributed by atoms with Crippen molar-refractivity contribution in [2.45, 2.75) is 12.3 Å². The van der Waals surface area contributed by atoms with E-state index in [2.05, 4.69) is 0 Å². The molecular weight excluding hydrogens is 222 g/mol. The number of hydrogen-bond acceptors (Lipinski definition) is 3. The van der Waals surface area contributed by atoms with Gasteiger partial charge in [0.25, 0.3) is 0 Å². The standard InChI is InChI=1S/C10H8F2O4/c11-10(12,9(13)14)4-6-1-2-7-8(3-6)16-5-15-7/h1-3H,4-5H2,(H,13,14). The molecule has 0 bridgehead atoms. The molecule has 1 aliphatic heterocycles. The molecule has 0 fully saturated rings. The third-order valence-electron chi connectivity index (χ3n) is 2.18. The molecule has 2 rings (SSSR count). The summed E-state index contributed by atoms with van der Waals surface area (Å²) >= 11 is 0. The van der Waals surface area contributed by atoms with Crippen LogP contribution in [0, 0.1) is 0 Å². The number of halogens is 2. The summed E-state index contributed by atoms with van der Waals surface area (Å²) in [7, 11) is 0. The van der Waals surface area contributed by atoms with Crippen LogP contribution in [0.5, 0.6) is 11.5 Å². The summed E-state index contributed by atoms with van der Waals surface area (Å²) in [6.45, 7) is 0.0497. The SMILES string of the molecule is O=C(O)C(F)(F)Cc1ccc2c(c1)OCO2. The Morgan fingerprint density at radius 1 is 1.38 bits per heavy atom. The number of carboxylic acid groups (broad SMARTS) is 1. The minimum Gasteiger partial charge on any atom is -0.477 e. The molecule has 0 spiro atoms. The van der Waals surface area contributed by atoms with E-state index in [1.165, 1.54) is 18.2 Å². The summed E-state index contributed by atoms with van der Waals surface area (Å²) in [5, 5.41) is 8.29. The number of benzene rings is 1. The largest absolute Gasteiger partial charge is 0.477 e. The number of fused-ring (bicyclic) bond motifs is 1. The molecule has 1 heterocycles. The maximum absolute atomic E-state index is 12.9. The van der Waals surface area contributed by atoms with Crippen LogP contribution in [0.25, 0.3) is 0 Å². The highest BCUT2D eigenvalue weighted by Gasteiger charge is 2.39. The van der Waals surface area contributed by atoms with E-state index in [4.69, 9.17) is 14.6 Å². The van der Waals surface area contributed by atoms with Crippen LogP contribution in [0.3, 0.4) is 0 Å². The summed E-state index contributed by atoms with van der Waals surface area (Å²) in [4.78, 5) is 10.3. The second kappa shape index (κ2) is 3.62. The summed E-state index contributed by atoms with van der Waals surface area (Å²) in [5.41, 5.74) is 0.191. The van der Waals surface area contributed by atoms with E-state index < -0.39 is 18.3 Å². The maximum atomic E-state index is 12.9. The minimum atomic E-state index is -3.77. The lowest BCUT2D eigenvalue weighted by atomic mass is 10.1. The van der Waals surface area contributed by atoms with E-state index in [0.29, 0.717) is 11.5 Å². The van der Waals surface area contributed by atoms with Crippen molar-refractivity contribution in [3.05, 3.63) is 23.8 Å². The van der Waals surface area contributed by atoms with Gasteiger partial charge in [-0.15, -0.1) is 0 Å². The lowest BCUT2D eigenvalue weighted by molar-refractivity contribution is -0.164. The molecule has 1 aliphatic rings. The van der Waals surface area contributed by atoms with Crippen LogP contribution in [0.4, 0.5) is 8.78 Å². The fourth-order valence-electron chi connectivity index (χ4n) is 1.38. The first-order valence-corrected chi connectivity index (χ1v) is 4.49. The number of hydrogen-bond donors (Lipinski definition) is 1. The van der Waals surface area contributed by atoms with Gasteiger partial charge >= 0.3 is 11.9 Å². The van der Waals surface area contributed by atoms with Crippen molar-refractivity contribution < 1.29 is 28.2 Å². The Balaban J connectivity index is 2.20. The molecule has 1 aromatic carbocycles. The predicted octanol–water partition coefficient (Wildman–Crippen LogP) is 1.68. The Labute approximate surface area is 89.4 Å².